The number of aromatic nitrogens is 2. The van der Waals surface area contributed by atoms with Gasteiger partial charge >= 0.3 is 0 Å². The summed E-state index contributed by atoms with van der Waals surface area (Å²) < 4.78 is 4.59. The number of rotatable bonds is 3. The van der Waals surface area contributed by atoms with Crippen molar-refractivity contribution >= 4 is 17.5 Å². The number of carbonyl (C=O) groups excluding carboxylic acids is 2. The second kappa shape index (κ2) is 4.20. The predicted molar refractivity (Wildman–Crippen MR) is 64.2 cm³/mol. The van der Waals surface area contributed by atoms with Gasteiger partial charge in [0, 0.05) is 18.7 Å². The van der Waals surface area contributed by atoms with Gasteiger partial charge in [-0.15, -0.1) is 0 Å². The van der Waals surface area contributed by atoms with E-state index in [9.17, 15) is 9.59 Å². The molecule has 0 fully saturated rings. The van der Waals surface area contributed by atoms with Gasteiger partial charge in [0.15, 0.2) is 5.82 Å². The molecule has 1 aromatic carbocycles. The van der Waals surface area contributed by atoms with E-state index in [-0.39, 0.29) is 23.9 Å². The number of carbonyl (C=O) groups is 2. The Kier molecular flexibility index (Phi) is 2.52. The molecule has 0 spiro atoms. The molecule has 0 radical (unpaired) electrons. The van der Waals surface area contributed by atoms with Crippen LogP contribution in [0.2, 0.25) is 0 Å². The molecule has 0 bridgehead atoms. The minimum Gasteiger partial charge on any atom is -0.398 e. The molecule has 2 amide bonds. The molecule has 96 valence electrons. The topological polar surface area (TPSA) is 102 Å². The van der Waals surface area contributed by atoms with Crippen LogP contribution < -0.4 is 5.73 Å². The van der Waals surface area contributed by atoms with Crippen LogP contribution >= 0.6 is 0 Å². The second-order valence-corrected chi connectivity index (χ2v) is 4.13. The highest BCUT2D eigenvalue weighted by Crippen LogP contribution is 2.27. The normalized spacial score (nSPS) is 14.0. The first kappa shape index (κ1) is 11.4. The van der Waals surface area contributed by atoms with Gasteiger partial charge in [-0.05, 0) is 12.1 Å². The second-order valence-electron chi connectivity index (χ2n) is 4.13. The number of hydrogen-bond donors (Lipinski definition) is 1. The van der Waals surface area contributed by atoms with Crippen molar-refractivity contribution in [3.05, 3.63) is 41.5 Å². The highest BCUT2D eigenvalue weighted by molar-refractivity contribution is 6.23. The summed E-state index contributed by atoms with van der Waals surface area (Å²) in [5, 5.41) is 3.63. The molecule has 0 aliphatic carbocycles. The summed E-state index contributed by atoms with van der Waals surface area (Å²) >= 11 is 0. The highest BCUT2D eigenvalue weighted by atomic mass is 16.5. The van der Waals surface area contributed by atoms with Crippen LogP contribution in [0.25, 0.3) is 0 Å². The molecule has 0 atom stereocenters. The Hall–Kier alpha value is -2.70. The maximum Gasteiger partial charge on any atom is 0.263 e. The number of hydrogen-bond acceptors (Lipinski definition) is 6. The third kappa shape index (κ3) is 1.75. The fourth-order valence-electron chi connectivity index (χ4n) is 2.08. The molecular formula is C12H10N4O3. The number of imide groups is 1. The predicted octanol–water partition coefficient (Wildman–Crippen LogP) is 0.491. The summed E-state index contributed by atoms with van der Waals surface area (Å²) in [6.45, 7) is 0.200. The van der Waals surface area contributed by atoms with E-state index in [0.29, 0.717) is 23.5 Å². The standard InChI is InChI=1S/C12H10N4O3/c13-8-3-1-2-7-10(8)12(18)16(11(7)17)5-4-9-14-6-19-15-9/h1-3,6H,4-5,13H2. The monoisotopic (exact) mass is 258 g/mol. The Bertz CT molecular complexity index is 651. The quantitative estimate of drug-likeness (QED) is 0.635. The Morgan fingerprint density at radius 1 is 1.26 bits per heavy atom. The molecule has 1 aromatic heterocycles. The molecule has 2 heterocycles. The molecule has 0 unspecified atom stereocenters. The number of nitrogens with zero attached hydrogens (tertiary/aromatic N) is 3. The maximum absolute atomic E-state index is 12.1. The van der Waals surface area contributed by atoms with Crippen molar-refractivity contribution in [3.8, 4) is 0 Å². The van der Waals surface area contributed by atoms with Gasteiger partial charge in [-0.1, -0.05) is 11.2 Å². The van der Waals surface area contributed by atoms with E-state index in [2.05, 4.69) is 14.7 Å². The zero-order valence-electron chi connectivity index (χ0n) is 9.87. The van der Waals surface area contributed by atoms with Crippen LogP contribution in [0, 0.1) is 0 Å². The van der Waals surface area contributed by atoms with Gasteiger partial charge in [-0.2, -0.15) is 4.98 Å². The Morgan fingerprint density at radius 2 is 2.11 bits per heavy atom. The molecule has 2 aromatic rings. The van der Waals surface area contributed by atoms with Gasteiger partial charge in [0.25, 0.3) is 11.8 Å². The van der Waals surface area contributed by atoms with E-state index < -0.39 is 0 Å². The summed E-state index contributed by atoms with van der Waals surface area (Å²) in [5.41, 5.74) is 6.68. The van der Waals surface area contributed by atoms with E-state index in [1.807, 2.05) is 0 Å². The summed E-state index contributed by atoms with van der Waals surface area (Å²) in [6.07, 6.45) is 1.55. The van der Waals surface area contributed by atoms with Crippen LogP contribution in [0.5, 0.6) is 0 Å². The highest BCUT2D eigenvalue weighted by Gasteiger charge is 2.36. The van der Waals surface area contributed by atoms with Gasteiger partial charge in [0.2, 0.25) is 6.39 Å². The fourth-order valence-corrected chi connectivity index (χ4v) is 2.08. The molecule has 0 saturated carbocycles. The van der Waals surface area contributed by atoms with Crippen molar-refractivity contribution in [2.45, 2.75) is 6.42 Å². The number of anilines is 1. The molecule has 1 aliphatic heterocycles. The zero-order chi connectivity index (χ0) is 13.4. The Balaban J connectivity index is 1.84. The third-order valence-corrected chi connectivity index (χ3v) is 3.00. The SMILES string of the molecule is Nc1cccc2c1C(=O)N(CCc1ncon1)C2=O. The first-order valence-electron chi connectivity index (χ1n) is 5.68. The lowest BCUT2D eigenvalue weighted by molar-refractivity contribution is 0.0655. The summed E-state index contributed by atoms with van der Waals surface area (Å²) in [5.74, 6) is -0.262. The average Bonchev–Trinajstić information content (AvgIpc) is 2.98. The van der Waals surface area contributed by atoms with Crippen LogP contribution in [-0.4, -0.2) is 33.4 Å². The van der Waals surface area contributed by atoms with E-state index in [1.165, 1.54) is 6.39 Å². The number of nitrogen functional groups attached to an aromatic ring is 1. The van der Waals surface area contributed by atoms with Gasteiger partial charge in [-0.25, -0.2) is 0 Å². The lowest BCUT2D eigenvalue weighted by atomic mass is 10.1. The van der Waals surface area contributed by atoms with Crippen molar-refractivity contribution in [3.63, 3.8) is 0 Å². The number of benzene rings is 1. The first-order chi connectivity index (χ1) is 9.18. The molecule has 7 heteroatoms. The van der Waals surface area contributed by atoms with Crippen LogP contribution in [0.3, 0.4) is 0 Å². The first-order valence-corrected chi connectivity index (χ1v) is 5.68. The van der Waals surface area contributed by atoms with Gasteiger partial charge in [-0.3, -0.25) is 14.5 Å². The average molecular weight is 258 g/mol. The summed E-state index contributed by atoms with van der Waals surface area (Å²) in [4.78, 5) is 29.2. The lowest BCUT2D eigenvalue weighted by Crippen LogP contribution is -2.32. The molecule has 2 N–H and O–H groups in total. The third-order valence-electron chi connectivity index (χ3n) is 3.00. The molecule has 19 heavy (non-hydrogen) atoms. The molecular weight excluding hydrogens is 248 g/mol. The van der Waals surface area contributed by atoms with E-state index in [0.717, 1.165) is 4.90 Å². The Labute approximate surface area is 108 Å². The van der Waals surface area contributed by atoms with E-state index in [4.69, 9.17) is 5.73 Å². The molecule has 3 rings (SSSR count). The van der Waals surface area contributed by atoms with Crippen molar-refractivity contribution in [1.29, 1.82) is 0 Å². The number of nitrogens with two attached hydrogens (primary N) is 1. The van der Waals surface area contributed by atoms with Crippen molar-refractivity contribution in [1.82, 2.24) is 15.0 Å². The van der Waals surface area contributed by atoms with E-state index in [1.54, 1.807) is 18.2 Å². The van der Waals surface area contributed by atoms with Crippen LogP contribution in [0.15, 0.2) is 29.1 Å². The molecule has 7 nitrogen and oxygen atoms in total. The minimum atomic E-state index is -0.374. The zero-order valence-corrected chi connectivity index (χ0v) is 9.87. The summed E-state index contributed by atoms with van der Waals surface area (Å²) in [7, 11) is 0. The van der Waals surface area contributed by atoms with Gasteiger partial charge in [0.1, 0.15) is 0 Å². The van der Waals surface area contributed by atoms with Crippen molar-refractivity contribution < 1.29 is 14.1 Å². The smallest absolute Gasteiger partial charge is 0.263 e. The number of fused-ring (bicyclic) bond motifs is 1. The molecule has 1 aliphatic rings. The maximum atomic E-state index is 12.1. The van der Waals surface area contributed by atoms with Crippen LogP contribution in [0.1, 0.15) is 26.5 Å². The summed E-state index contributed by atoms with van der Waals surface area (Å²) in [6, 6.07) is 4.86. The van der Waals surface area contributed by atoms with E-state index >= 15 is 0 Å². The fraction of sp³-hybridized carbons (Fsp3) is 0.167. The molecule has 0 saturated heterocycles. The van der Waals surface area contributed by atoms with Crippen molar-refractivity contribution in [2.24, 2.45) is 0 Å². The van der Waals surface area contributed by atoms with Crippen LogP contribution in [0.4, 0.5) is 5.69 Å². The van der Waals surface area contributed by atoms with Gasteiger partial charge < -0.3 is 10.3 Å². The Morgan fingerprint density at radius 3 is 2.79 bits per heavy atom. The minimum absolute atomic E-state index is 0.200. The van der Waals surface area contributed by atoms with Crippen LogP contribution in [-0.2, 0) is 6.42 Å². The number of amides is 2. The lowest BCUT2D eigenvalue weighted by Gasteiger charge is -2.11. The largest absolute Gasteiger partial charge is 0.398 e. The van der Waals surface area contributed by atoms with Gasteiger partial charge in [0.05, 0.1) is 11.1 Å². The van der Waals surface area contributed by atoms with Crippen molar-refractivity contribution in [2.75, 3.05) is 12.3 Å².